The van der Waals surface area contributed by atoms with Gasteiger partial charge >= 0.3 is 0 Å². The van der Waals surface area contributed by atoms with Crippen molar-refractivity contribution in [1.29, 1.82) is 0 Å². The van der Waals surface area contributed by atoms with Crippen LogP contribution in [-0.4, -0.2) is 19.0 Å². The van der Waals surface area contributed by atoms with E-state index >= 15 is 0 Å². The molecule has 1 saturated heterocycles. The zero-order valence-electron chi connectivity index (χ0n) is 25.2. The summed E-state index contributed by atoms with van der Waals surface area (Å²) in [5.74, 6) is 16.9. The Kier molecular flexibility index (Phi) is 8.50. The second kappa shape index (κ2) is 12.1. The highest BCUT2D eigenvalue weighted by molar-refractivity contribution is 5.39. The Hall–Kier alpha value is -2.00. The van der Waals surface area contributed by atoms with Crippen molar-refractivity contribution < 1.29 is 9.47 Å². The Morgan fingerprint density at radius 2 is 1.85 bits per heavy atom. The minimum Gasteiger partial charge on any atom is -0.353 e. The molecule has 4 fully saturated rings. The van der Waals surface area contributed by atoms with E-state index < -0.39 is 0 Å². The summed E-state index contributed by atoms with van der Waals surface area (Å²) in [7, 11) is 0. The monoisotopic (exact) mass is 538 g/mol. The molecule has 0 spiro atoms. The molecule has 6 rings (SSSR count). The maximum atomic E-state index is 6.48. The van der Waals surface area contributed by atoms with Crippen molar-refractivity contribution >= 4 is 0 Å². The summed E-state index contributed by atoms with van der Waals surface area (Å²) >= 11 is 0. The fourth-order valence-corrected chi connectivity index (χ4v) is 9.98. The van der Waals surface area contributed by atoms with E-state index in [0.717, 1.165) is 61.0 Å². The molecule has 0 N–H and O–H groups in total. The molecule has 40 heavy (non-hydrogen) atoms. The maximum Gasteiger partial charge on any atom is 0.157 e. The average Bonchev–Trinajstić information content (AvgIpc) is 3.33. The van der Waals surface area contributed by atoms with Crippen LogP contribution in [0.5, 0.6) is 0 Å². The van der Waals surface area contributed by atoms with Gasteiger partial charge in [-0.3, -0.25) is 0 Å². The van der Waals surface area contributed by atoms with Gasteiger partial charge in [-0.1, -0.05) is 62.5 Å². The standard InChI is InChI=1S/C38H50O2/c1-28(13-7-4-5-8-14-29-15-9-6-10-16-29)33-20-21-34-32-19-18-30-27-31(40-36-17-11-12-26-39-36)22-24-37(30,2)35(32)23-25-38(33,34)3/h6,9-10,15-16,18,28,31-36H,7,11-13,17,19-27H2,1-3H3/t28-,31+,32+,33-,34+,35+,36?,37+,38-/m1/s1. The second-order valence-corrected chi connectivity index (χ2v) is 14.2. The Balaban J connectivity index is 1.06. The van der Waals surface area contributed by atoms with Gasteiger partial charge in [0.05, 0.1) is 6.10 Å². The van der Waals surface area contributed by atoms with Crippen LogP contribution in [0.3, 0.4) is 0 Å². The van der Waals surface area contributed by atoms with E-state index in [9.17, 15) is 0 Å². The molecule has 1 aromatic carbocycles. The van der Waals surface area contributed by atoms with Crippen LogP contribution in [0.15, 0.2) is 42.0 Å². The third kappa shape index (κ3) is 5.57. The highest BCUT2D eigenvalue weighted by Crippen LogP contribution is 2.67. The van der Waals surface area contributed by atoms with Crippen LogP contribution in [0.1, 0.15) is 110 Å². The smallest absolute Gasteiger partial charge is 0.157 e. The number of fused-ring (bicyclic) bond motifs is 5. The van der Waals surface area contributed by atoms with Crippen molar-refractivity contribution in [2.75, 3.05) is 6.61 Å². The topological polar surface area (TPSA) is 18.5 Å². The molecule has 2 heteroatoms. The number of ether oxygens (including phenoxy) is 2. The summed E-state index contributed by atoms with van der Waals surface area (Å²) < 4.78 is 12.4. The summed E-state index contributed by atoms with van der Waals surface area (Å²) in [5.41, 5.74) is 3.65. The Labute approximate surface area is 244 Å². The molecule has 1 heterocycles. The lowest BCUT2D eigenvalue weighted by molar-refractivity contribution is -0.195. The molecule has 0 bridgehead atoms. The summed E-state index contributed by atoms with van der Waals surface area (Å²) in [6.07, 6.45) is 19.4. The van der Waals surface area contributed by atoms with Gasteiger partial charge in [0, 0.05) is 18.6 Å². The lowest BCUT2D eigenvalue weighted by atomic mass is 9.47. The van der Waals surface area contributed by atoms with Gasteiger partial charge in [0.25, 0.3) is 0 Å². The largest absolute Gasteiger partial charge is 0.353 e. The number of rotatable bonds is 5. The van der Waals surface area contributed by atoms with Crippen LogP contribution < -0.4 is 0 Å². The van der Waals surface area contributed by atoms with E-state index in [-0.39, 0.29) is 6.29 Å². The quantitative estimate of drug-likeness (QED) is 0.275. The highest BCUT2D eigenvalue weighted by Gasteiger charge is 2.59. The zero-order valence-corrected chi connectivity index (χ0v) is 25.2. The van der Waals surface area contributed by atoms with E-state index in [4.69, 9.17) is 9.47 Å². The number of hydrogen-bond donors (Lipinski definition) is 0. The SMILES string of the molecule is C[C@H](CCC#CC#Cc1ccccc1)[C@H]1CC[C@H]2[C@@H]3CC=C4C[C@@H](OC5CCCCO5)CC[C@]4(C)[C@H]3CC[C@]12C. The van der Waals surface area contributed by atoms with E-state index in [1.807, 2.05) is 30.3 Å². The summed E-state index contributed by atoms with van der Waals surface area (Å²) in [5, 5.41) is 0. The number of hydrogen-bond acceptors (Lipinski definition) is 2. The zero-order chi connectivity index (χ0) is 27.6. The van der Waals surface area contributed by atoms with Crippen LogP contribution >= 0.6 is 0 Å². The summed E-state index contributed by atoms with van der Waals surface area (Å²) in [6, 6.07) is 10.2. The molecular formula is C38H50O2. The van der Waals surface area contributed by atoms with Crippen molar-refractivity contribution in [1.82, 2.24) is 0 Å². The molecule has 1 aliphatic heterocycles. The number of benzene rings is 1. The first-order valence-electron chi connectivity index (χ1n) is 16.5. The lowest BCUT2D eigenvalue weighted by Gasteiger charge is -2.58. The Morgan fingerprint density at radius 3 is 2.67 bits per heavy atom. The highest BCUT2D eigenvalue weighted by atomic mass is 16.7. The van der Waals surface area contributed by atoms with Gasteiger partial charge < -0.3 is 9.47 Å². The molecule has 9 atom stereocenters. The van der Waals surface area contributed by atoms with Crippen molar-refractivity contribution in [3.05, 3.63) is 47.5 Å². The Morgan fingerprint density at radius 1 is 0.975 bits per heavy atom. The van der Waals surface area contributed by atoms with E-state index in [1.165, 1.54) is 64.2 Å². The van der Waals surface area contributed by atoms with Gasteiger partial charge in [0.1, 0.15) is 0 Å². The van der Waals surface area contributed by atoms with Gasteiger partial charge in [-0.05, 0) is 141 Å². The molecule has 1 unspecified atom stereocenters. The van der Waals surface area contributed by atoms with Crippen LogP contribution in [0.2, 0.25) is 0 Å². The van der Waals surface area contributed by atoms with E-state index in [2.05, 4.69) is 50.5 Å². The molecule has 5 aliphatic rings. The summed E-state index contributed by atoms with van der Waals surface area (Å²) in [6.45, 7) is 8.69. The van der Waals surface area contributed by atoms with Crippen LogP contribution in [0, 0.1) is 64.1 Å². The Bertz CT molecular complexity index is 1170. The average molecular weight is 539 g/mol. The van der Waals surface area contributed by atoms with Gasteiger partial charge in [0.2, 0.25) is 0 Å². The predicted molar refractivity (Wildman–Crippen MR) is 163 cm³/mol. The molecule has 0 aromatic heterocycles. The number of allylic oxidation sites excluding steroid dienone is 1. The third-order valence-electron chi connectivity index (χ3n) is 12.2. The van der Waals surface area contributed by atoms with Gasteiger partial charge in [-0.25, -0.2) is 0 Å². The van der Waals surface area contributed by atoms with Crippen molar-refractivity contribution in [2.45, 2.75) is 117 Å². The summed E-state index contributed by atoms with van der Waals surface area (Å²) in [4.78, 5) is 0. The minimum absolute atomic E-state index is 0.0426. The van der Waals surface area contributed by atoms with Crippen molar-refractivity contribution in [3.63, 3.8) is 0 Å². The first kappa shape index (κ1) is 28.1. The van der Waals surface area contributed by atoms with E-state index in [1.54, 1.807) is 5.57 Å². The van der Waals surface area contributed by atoms with Gasteiger partial charge in [-0.2, -0.15) is 0 Å². The van der Waals surface area contributed by atoms with Crippen LogP contribution in [0.25, 0.3) is 0 Å². The molecule has 214 valence electrons. The third-order valence-corrected chi connectivity index (χ3v) is 12.2. The first-order valence-corrected chi connectivity index (χ1v) is 16.5. The maximum absolute atomic E-state index is 6.48. The van der Waals surface area contributed by atoms with Crippen LogP contribution in [-0.2, 0) is 9.47 Å². The predicted octanol–water partition coefficient (Wildman–Crippen LogP) is 8.95. The van der Waals surface area contributed by atoms with Crippen molar-refractivity contribution in [3.8, 4) is 23.7 Å². The molecule has 0 radical (unpaired) electrons. The molecule has 1 aromatic rings. The van der Waals surface area contributed by atoms with Crippen molar-refractivity contribution in [2.24, 2.45) is 40.4 Å². The molecule has 4 aliphatic carbocycles. The van der Waals surface area contributed by atoms with Gasteiger partial charge in [0.15, 0.2) is 6.29 Å². The lowest BCUT2D eigenvalue weighted by Crippen LogP contribution is -2.51. The molecule has 0 amide bonds. The fourth-order valence-electron chi connectivity index (χ4n) is 9.98. The van der Waals surface area contributed by atoms with Gasteiger partial charge in [-0.15, -0.1) is 0 Å². The van der Waals surface area contributed by atoms with E-state index in [0.29, 0.717) is 16.9 Å². The minimum atomic E-state index is 0.0426. The first-order chi connectivity index (χ1) is 19.5. The molecule has 2 nitrogen and oxygen atoms in total. The normalized spacial score (nSPS) is 39.2. The fraction of sp³-hybridized carbons (Fsp3) is 0.684. The van der Waals surface area contributed by atoms with Crippen LogP contribution in [0.4, 0.5) is 0 Å². The second-order valence-electron chi connectivity index (χ2n) is 14.2. The molecular weight excluding hydrogens is 488 g/mol. The molecule has 3 saturated carbocycles.